The summed E-state index contributed by atoms with van der Waals surface area (Å²) in [5.74, 6) is 1.54. The molecule has 4 aromatic rings. The minimum atomic E-state index is -0.255. The first-order valence-corrected chi connectivity index (χ1v) is 13.8. The number of amides is 2. The van der Waals surface area contributed by atoms with Crippen molar-refractivity contribution in [2.45, 2.75) is 25.8 Å². The number of carbonyl (C=O) groups is 2. The topological polar surface area (TPSA) is 107 Å². The predicted octanol–water partition coefficient (Wildman–Crippen LogP) is 5.28. The lowest BCUT2D eigenvalue weighted by Crippen LogP contribution is -2.23. The number of nitrogens with one attached hydrogen (secondary N) is 2. The molecule has 0 radical (unpaired) electrons. The number of ether oxygens (including phenoxy) is 3. The van der Waals surface area contributed by atoms with Crippen LogP contribution in [-0.2, 0) is 11.3 Å². The van der Waals surface area contributed by atoms with Crippen molar-refractivity contribution in [3.05, 3.63) is 78.1 Å². The Morgan fingerprint density at radius 1 is 0.976 bits per heavy atom. The van der Waals surface area contributed by atoms with Gasteiger partial charge in [0.2, 0.25) is 0 Å². The van der Waals surface area contributed by atoms with E-state index in [-0.39, 0.29) is 11.9 Å². The first-order valence-electron chi connectivity index (χ1n) is 13.8. The van der Waals surface area contributed by atoms with E-state index in [0.717, 1.165) is 25.0 Å². The molecule has 3 heterocycles. The van der Waals surface area contributed by atoms with Crippen LogP contribution in [-0.4, -0.2) is 66.9 Å². The van der Waals surface area contributed by atoms with Gasteiger partial charge >= 0.3 is 6.03 Å². The molecule has 1 aliphatic heterocycles. The fourth-order valence-corrected chi connectivity index (χ4v) is 4.84. The summed E-state index contributed by atoms with van der Waals surface area (Å²) in [4.78, 5) is 32.0. The minimum Gasteiger partial charge on any atom is -0.490 e. The van der Waals surface area contributed by atoms with Crippen LogP contribution in [0.5, 0.6) is 17.2 Å². The van der Waals surface area contributed by atoms with Gasteiger partial charge in [-0.05, 0) is 61.8 Å². The van der Waals surface area contributed by atoms with Gasteiger partial charge in [0.1, 0.15) is 11.6 Å². The maximum atomic E-state index is 12.9. The van der Waals surface area contributed by atoms with E-state index in [1.807, 2.05) is 36.4 Å². The number of aromatic nitrogens is 2. The molecule has 5 rings (SSSR count). The summed E-state index contributed by atoms with van der Waals surface area (Å²) in [6.45, 7) is 4.13. The molecule has 10 nitrogen and oxygen atoms in total. The van der Waals surface area contributed by atoms with E-state index in [1.165, 1.54) is 23.0 Å². The molecular weight excluding hydrogens is 522 g/mol. The van der Waals surface area contributed by atoms with Gasteiger partial charge in [0.25, 0.3) is 5.91 Å². The summed E-state index contributed by atoms with van der Waals surface area (Å²) < 4.78 is 18.9. The number of likely N-dealkylation sites (tertiary alicyclic amines) is 1. The second-order valence-electron chi connectivity index (χ2n) is 9.91. The maximum Gasteiger partial charge on any atom is 0.325 e. The number of anilines is 1. The number of rotatable bonds is 11. The summed E-state index contributed by atoms with van der Waals surface area (Å²) in [6.07, 6.45) is 6.46. The summed E-state index contributed by atoms with van der Waals surface area (Å²) in [6, 6.07) is 16.2. The van der Waals surface area contributed by atoms with Gasteiger partial charge in [0.05, 0.1) is 12.1 Å². The van der Waals surface area contributed by atoms with Crippen molar-refractivity contribution in [2.24, 2.45) is 0 Å². The molecule has 2 N–H and O–H groups in total. The van der Waals surface area contributed by atoms with E-state index in [0.29, 0.717) is 53.8 Å². The molecule has 1 fully saturated rings. The van der Waals surface area contributed by atoms with E-state index in [4.69, 9.17) is 14.2 Å². The van der Waals surface area contributed by atoms with Crippen LogP contribution in [0.1, 0.15) is 35.2 Å². The average molecular weight is 558 g/mol. The smallest absolute Gasteiger partial charge is 0.325 e. The van der Waals surface area contributed by atoms with Crippen molar-refractivity contribution < 1.29 is 23.8 Å². The van der Waals surface area contributed by atoms with Crippen molar-refractivity contribution >= 4 is 28.7 Å². The zero-order valence-electron chi connectivity index (χ0n) is 23.4. The third-order valence-corrected chi connectivity index (χ3v) is 6.96. The third kappa shape index (κ3) is 7.03. The normalized spacial score (nSPS) is 13.3. The lowest BCUT2D eigenvalue weighted by molar-refractivity contribution is 0.102. The molecule has 1 saturated heterocycles. The van der Waals surface area contributed by atoms with Crippen LogP contribution in [0.25, 0.3) is 10.9 Å². The minimum absolute atomic E-state index is 0.249. The number of carbonyl (C=O) groups excluding carboxylic acids is 2. The first kappa shape index (κ1) is 28.1. The quantitative estimate of drug-likeness (QED) is 0.242. The van der Waals surface area contributed by atoms with E-state index in [2.05, 4.69) is 20.5 Å². The fraction of sp³-hybridized carbons (Fsp3) is 0.323. The number of benzene rings is 2. The Bertz CT molecular complexity index is 1490. The van der Waals surface area contributed by atoms with E-state index >= 15 is 0 Å². The van der Waals surface area contributed by atoms with Crippen molar-refractivity contribution in [3.8, 4) is 17.2 Å². The second-order valence-corrected chi connectivity index (χ2v) is 9.91. The van der Waals surface area contributed by atoms with Crippen LogP contribution in [0.3, 0.4) is 0 Å². The van der Waals surface area contributed by atoms with Crippen LogP contribution >= 0.6 is 0 Å². The number of nitrogens with zero attached hydrogens (tertiary/aromatic N) is 3. The Hall–Kier alpha value is -4.41. The van der Waals surface area contributed by atoms with Crippen LogP contribution in [0.4, 0.5) is 10.6 Å². The van der Waals surface area contributed by atoms with E-state index in [9.17, 15) is 9.59 Å². The average Bonchev–Trinajstić information content (AvgIpc) is 3.65. The number of methoxy groups -OCH3 is 1. The fourth-order valence-electron chi connectivity index (χ4n) is 4.84. The molecule has 0 saturated carbocycles. The van der Waals surface area contributed by atoms with E-state index in [1.54, 1.807) is 44.8 Å². The number of hydrogen-bond acceptors (Lipinski definition) is 7. The lowest BCUT2D eigenvalue weighted by Gasteiger charge is -2.15. The van der Waals surface area contributed by atoms with Crippen LogP contribution in [0, 0.1) is 0 Å². The van der Waals surface area contributed by atoms with Crippen molar-refractivity contribution in [1.82, 2.24) is 19.8 Å². The van der Waals surface area contributed by atoms with Crippen LogP contribution < -0.4 is 20.1 Å². The van der Waals surface area contributed by atoms with E-state index < -0.39 is 0 Å². The molecule has 0 unspecified atom stereocenters. The van der Waals surface area contributed by atoms with Gasteiger partial charge in [0, 0.05) is 69.2 Å². The monoisotopic (exact) mass is 557 g/mol. The van der Waals surface area contributed by atoms with Gasteiger partial charge in [-0.1, -0.05) is 12.1 Å². The SMILES string of the molecule is CNC(=O)n1ccc2cc(Oc3ccnc(NC(=O)c4ccc(CN5CCCC5)cc4)c3)c(OCCCOC)cc21. The number of hydrogen-bond donors (Lipinski definition) is 2. The summed E-state index contributed by atoms with van der Waals surface area (Å²) in [7, 11) is 3.22. The van der Waals surface area contributed by atoms with Gasteiger partial charge < -0.3 is 24.8 Å². The maximum absolute atomic E-state index is 12.9. The molecule has 2 amide bonds. The van der Waals surface area contributed by atoms with Crippen LogP contribution in [0.2, 0.25) is 0 Å². The molecule has 0 aliphatic carbocycles. The third-order valence-electron chi connectivity index (χ3n) is 6.96. The summed E-state index contributed by atoms with van der Waals surface area (Å²) >= 11 is 0. The highest BCUT2D eigenvalue weighted by Crippen LogP contribution is 2.36. The van der Waals surface area contributed by atoms with Gasteiger partial charge in [-0.3, -0.25) is 14.3 Å². The summed E-state index contributed by atoms with van der Waals surface area (Å²) in [5, 5.41) is 6.30. The molecule has 0 atom stereocenters. The lowest BCUT2D eigenvalue weighted by atomic mass is 10.1. The molecule has 10 heteroatoms. The zero-order chi connectivity index (χ0) is 28.6. The molecule has 214 valence electrons. The molecule has 0 bridgehead atoms. The first-order chi connectivity index (χ1) is 20.0. The largest absolute Gasteiger partial charge is 0.490 e. The highest BCUT2D eigenvalue weighted by molar-refractivity contribution is 6.03. The summed E-state index contributed by atoms with van der Waals surface area (Å²) in [5.41, 5.74) is 2.44. The van der Waals surface area contributed by atoms with Gasteiger partial charge in [-0.2, -0.15) is 0 Å². The molecule has 41 heavy (non-hydrogen) atoms. The Labute approximate surface area is 239 Å². The van der Waals surface area contributed by atoms with Crippen LogP contribution in [0.15, 0.2) is 67.0 Å². The van der Waals surface area contributed by atoms with Crippen molar-refractivity contribution in [3.63, 3.8) is 0 Å². The molecular formula is C31H35N5O5. The molecule has 2 aromatic carbocycles. The highest BCUT2D eigenvalue weighted by Gasteiger charge is 2.16. The molecule has 2 aromatic heterocycles. The predicted molar refractivity (Wildman–Crippen MR) is 157 cm³/mol. The van der Waals surface area contributed by atoms with Gasteiger partial charge in [-0.25, -0.2) is 9.78 Å². The van der Waals surface area contributed by atoms with Gasteiger partial charge in [-0.15, -0.1) is 0 Å². The number of fused-ring (bicyclic) bond motifs is 1. The van der Waals surface area contributed by atoms with Gasteiger partial charge in [0.15, 0.2) is 11.5 Å². The Morgan fingerprint density at radius 3 is 2.54 bits per heavy atom. The second kappa shape index (κ2) is 13.3. The standard InChI is InChI=1S/C31H35N5O5/c1-32-31(38)36-15-11-24-18-28(27(20-26(24)36)40-17-5-16-39-2)41-25-10-12-33-29(19-25)34-30(37)23-8-6-22(7-9-23)21-35-13-3-4-14-35/h6-12,15,18-20H,3-5,13-14,16-17,21H2,1-2H3,(H,32,38)(H,33,34,37). The Morgan fingerprint density at radius 2 is 1.78 bits per heavy atom. The van der Waals surface area contributed by atoms with Crippen molar-refractivity contribution in [1.29, 1.82) is 0 Å². The zero-order valence-corrected chi connectivity index (χ0v) is 23.4. The Kier molecular flexibility index (Phi) is 9.12. The molecule has 0 spiro atoms. The van der Waals surface area contributed by atoms with Crippen molar-refractivity contribution in [2.75, 3.05) is 45.8 Å². The highest BCUT2D eigenvalue weighted by atomic mass is 16.5. The Balaban J connectivity index is 1.31. The molecule has 1 aliphatic rings. The number of pyridine rings is 1.